The van der Waals surface area contributed by atoms with Crippen molar-refractivity contribution < 1.29 is 23.8 Å². The van der Waals surface area contributed by atoms with Gasteiger partial charge in [0.05, 0.1) is 17.9 Å². The van der Waals surface area contributed by atoms with Gasteiger partial charge in [-0.3, -0.25) is 4.98 Å². The molecule has 0 saturated heterocycles. The molecule has 2 heterocycles. The second kappa shape index (κ2) is 12.1. The molecule has 0 amide bonds. The van der Waals surface area contributed by atoms with Crippen molar-refractivity contribution in [1.82, 2.24) is 14.8 Å². The van der Waals surface area contributed by atoms with E-state index in [9.17, 15) is 14.3 Å². The van der Waals surface area contributed by atoms with Crippen LogP contribution in [0.25, 0.3) is 0 Å². The van der Waals surface area contributed by atoms with Crippen LogP contribution < -0.4 is 14.6 Å². The molecule has 0 aliphatic heterocycles. The molecule has 0 bridgehead atoms. The minimum absolute atomic E-state index is 0.0823. The van der Waals surface area contributed by atoms with E-state index < -0.39 is 11.8 Å². The van der Waals surface area contributed by atoms with Crippen molar-refractivity contribution in [3.05, 3.63) is 106 Å². The van der Waals surface area contributed by atoms with E-state index in [4.69, 9.17) is 14.6 Å². The maximum Gasteiger partial charge on any atom is 0.212 e. The number of carbonyl (C=O) groups excluding carboxylic acids is 1. The number of hydrogen-bond donors (Lipinski definition) is 0. The standard InChI is InChI=1S/C31H34FN3O4/c1-21-6-5-7-25(33-21)20-39-29-17-28(31(2,3)4)34-35(29)18-22-8-10-23(11-9-22)19-38-26-14-12-24(27(32)16-26)13-15-30(36)37/h5-12,14,16-17H,13,15,18-20H2,1-4H3,(H,36,37)/p-1. The Bertz CT molecular complexity index is 1420. The zero-order valence-corrected chi connectivity index (χ0v) is 22.7. The van der Waals surface area contributed by atoms with Gasteiger partial charge in [-0.05, 0) is 54.7 Å². The predicted octanol–water partition coefficient (Wildman–Crippen LogP) is 4.91. The molecule has 8 heteroatoms. The van der Waals surface area contributed by atoms with Crippen LogP contribution in [0.3, 0.4) is 0 Å². The monoisotopic (exact) mass is 530 g/mol. The Morgan fingerprint density at radius 2 is 1.72 bits per heavy atom. The molecule has 2 aromatic heterocycles. The average Bonchev–Trinajstić information content (AvgIpc) is 3.29. The molecule has 4 aromatic rings. The Morgan fingerprint density at radius 3 is 2.38 bits per heavy atom. The van der Waals surface area contributed by atoms with Gasteiger partial charge in [0.25, 0.3) is 0 Å². The van der Waals surface area contributed by atoms with Gasteiger partial charge in [-0.1, -0.05) is 57.2 Å². The number of aromatic nitrogens is 3. The third-order valence-electron chi connectivity index (χ3n) is 6.21. The number of ether oxygens (including phenoxy) is 2. The minimum Gasteiger partial charge on any atom is -0.550 e. The summed E-state index contributed by atoms with van der Waals surface area (Å²) in [6.07, 6.45) is -0.143. The topological polar surface area (TPSA) is 89.3 Å². The number of pyridine rings is 1. The van der Waals surface area contributed by atoms with Crippen LogP contribution >= 0.6 is 0 Å². The summed E-state index contributed by atoms with van der Waals surface area (Å²) in [5, 5.41) is 15.4. The van der Waals surface area contributed by atoms with Crippen molar-refractivity contribution in [1.29, 1.82) is 0 Å². The molecule has 204 valence electrons. The first kappa shape index (κ1) is 27.8. The van der Waals surface area contributed by atoms with E-state index in [1.807, 2.05) is 60.1 Å². The van der Waals surface area contributed by atoms with E-state index in [-0.39, 0.29) is 24.9 Å². The summed E-state index contributed by atoms with van der Waals surface area (Å²) in [6.45, 7) is 9.47. The van der Waals surface area contributed by atoms with Gasteiger partial charge >= 0.3 is 0 Å². The van der Waals surface area contributed by atoms with Gasteiger partial charge in [0.1, 0.15) is 24.8 Å². The Hall–Kier alpha value is -4.20. The molecule has 0 radical (unpaired) electrons. The normalized spacial score (nSPS) is 11.4. The largest absolute Gasteiger partial charge is 0.550 e. The first-order chi connectivity index (χ1) is 18.6. The Morgan fingerprint density at radius 1 is 0.974 bits per heavy atom. The van der Waals surface area contributed by atoms with E-state index >= 15 is 0 Å². The van der Waals surface area contributed by atoms with Crippen molar-refractivity contribution in [2.24, 2.45) is 0 Å². The molecule has 0 spiro atoms. The fourth-order valence-corrected chi connectivity index (χ4v) is 3.96. The smallest absolute Gasteiger partial charge is 0.212 e. The van der Waals surface area contributed by atoms with Crippen LogP contribution in [-0.4, -0.2) is 20.7 Å². The number of carbonyl (C=O) groups is 1. The first-order valence-corrected chi connectivity index (χ1v) is 12.9. The number of aryl methyl sites for hydroxylation is 2. The summed E-state index contributed by atoms with van der Waals surface area (Å²) in [6, 6.07) is 20.3. The zero-order valence-electron chi connectivity index (χ0n) is 22.7. The molecular weight excluding hydrogens is 497 g/mol. The summed E-state index contributed by atoms with van der Waals surface area (Å²) in [5.74, 6) is -0.636. The number of benzene rings is 2. The Labute approximate surface area is 228 Å². The number of aliphatic carboxylic acids is 1. The highest BCUT2D eigenvalue weighted by atomic mass is 19.1. The highest BCUT2D eigenvalue weighted by Crippen LogP contribution is 2.27. The lowest BCUT2D eigenvalue weighted by atomic mass is 9.93. The van der Waals surface area contributed by atoms with Crippen LogP contribution in [0.2, 0.25) is 0 Å². The number of carboxylic acid groups (broad SMARTS) is 1. The van der Waals surface area contributed by atoms with Crippen LogP contribution in [-0.2, 0) is 36.4 Å². The van der Waals surface area contributed by atoms with Crippen molar-refractivity contribution >= 4 is 5.97 Å². The average molecular weight is 531 g/mol. The van der Waals surface area contributed by atoms with Gasteiger partial charge in [0.2, 0.25) is 5.88 Å². The van der Waals surface area contributed by atoms with E-state index in [0.717, 1.165) is 28.2 Å². The number of nitrogens with zero attached hydrogens (tertiary/aromatic N) is 3. The van der Waals surface area contributed by atoms with E-state index in [0.29, 0.717) is 30.3 Å². The third-order valence-corrected chi connectivity index (χ3v) is 6.21. The molecule has 39 heavy (non-hydrogen) atoms. The van der Waals surface area contributed by atoms with E-state index in [2.05, 4.69) is 25.8 Å². The molecule has 0 N–H and O–H groups in total. The first-order valence-electron chi connectivity index (χ1n) is 12.9. The maximum atomic E-state index is 14.2. The summed E-state index contributed by atoms with van der Waals surface area (Å²) in [7, 11) is 0. The Balaban J connectivity index is 1.40. The van der Waals surface area contributed by atoms with Crippen molar-refractivity contribution in [3.63, 3.8) is 0 Å². The molecule has 0 saturated carbocycles. The summed E-state index contributed by atoms with van der Waals surface area (Å²) in [4.78, 5) is 15.1. The van der Waals surface area contributed by atoms with Gasteiger partial charge in [-0.25, -0.2) is 9.07 Å². The number of rotatable bonds is 11. The van der Waals surface area contributed by atoms with Gasteiger partial charge < -0.3 is 19.4 Å². The minimum atomic E-state index is -1.20. The summed E-state index contributed by atoms with van der Waals surface area (Å²) < 4.78 is 28.0. The highest BCUT2D eigenvalue weighted by Gasteiger charge is 2.21. The molecule has 2 aromatic carbocycles. The van der Waals surface area contributed by atoms with Gasteiger partial charge in [0, 0.05) is 29.2 Å². The number of halogens is 1. The van der Waals surface area contributed by atoms with Crippen LogP contribution in [0, 0.1) is 12.7 Å². The van der Waals surface area contributed by atoms with E-state index in [1.165, 1.54) is 6.07 Å². The van der Waals surface area contributed by atoms with E-state index in [1.54, 1.807) is 12.1 Å². The van der Waals surface area contributed by atoms with Gasteiger partial charge in [-0.2, -0.15) is 5.10 Å². The quantitative estimate of drug-likeness (QED) is 0.274. The molecule has 0 aliphatic carbocycles. The fourth-order valence-electron chi connectivity index (χ4n) is 3.96. The van der Waals surface area contributed by atoms with Gasteiger partial charge in [-0.15, -0.1) is 0 Å². The second-order valence-electron chi connectivity index (χ2n) is 10.6. The zero-order chi connectivity index (χ0) is 28.0. The molecule has 0 aliphatic rings. The molecular formula is C31H33FN3O4-. The lowest BCUT2D eigenvalue weighted by molar-refractivity contribution is -0.305. The lowest BCUT2D eigenvalue weighted by Gasteiger charge is -2.14. The second-order valence-corrected chi connectivity index (χ2v) is 10.6. The van der Waals surface area contributed by atoms with Crippen molar-refractivity contribution in [3.8, 4) is 11.6 Å². The molecule has 0 atom stereocenters. The number of hydrogen-bond acceptors (Lipinski definition) is 6. The number of carboxylic acids is 1. The SMILES string of the molecule is Cc1cccc(COc2cc(C(C)(C)C)nn2Cc2ccc(COc3ccc(CCC(=O)[O-])c(F)c3)cc2)n1. The maximum absolute atomic E-state index is 14.2. The van der Waals surface area contributed by atoms with Gasteiger partial charge in [0.15, 0.2) is 0 Å². The van der Waals surface area contributed by atoms with Crippen LogP contribution in [0.15, 0.2) is 66.7 Å². The van der Waals surface area contributed by atoms with Crippen molar-refractivity contribution in [2.75, 3.05) is 0 Å². The molecule has 0 fully saturated rings. The van der Waals surface area contributed by atoms with Crippen LogP contribution in [0.1, 0.15) is 61.0 Å². The Kier molecular flexibility index (Phi) is 8.64. The fraction of sp³-hybridized carbons (Fsp3) is 0.323. The highest BCUT2D eigenvalue weighted by molar-refractivity contribution is 5.64. The van der Waals surface area contributed by atoms with Crippen molar-refractivity contribution in [2.45, 2.75) is 65.7 Å². The van der Waals surface area contributed by atoms with Crippen LogP contribution in [0.4, 0.5) is 4.39 Å². The van der Waals surface area contributed by atoms with Crippen LogP contribution in [0.5, 0.6) is 11.6 Å². The lowest BCUT2D eigenvalue weighted by Crippen LogP contribution is -2.22. The molecule has 0 unspecified atom stereocenters. The predicted molar refractivity (Wildman–Crippen MR) is 144 cm³/mol. The summed E-state index contributed by atoms with van der Waals surface area (Å²) >= 11 is 0. The molecule has 4 rings (SSSR count). The third kappa shape index (κ3) is 7.89. The molecule has 7 nitrogen and oxygen atoms in total. The summed E-state index contributed by atoms with van der Waals surface area (Å²) in [5.41, 5.74) is 4.91.